The van der Waals surface area contributed by atoms with Gasteiger partial charge >= 0.3 is 7.82 Å². The number of carbonyl (C=O) groups is 1. The molecule has 2 N–H and O–H groups in total. The Morgan fingerprint density at radius 3 is 2.04 bits per heavy atom. The van der Waals surface area contributed by atoms with Crippen LogP contribution in [-0.4, -0.2) is 22.2 Å². The third-order valence-electron chi connectivity index (χ3n) is 2.28. The number of phosphoric ester groups is 1. The molecule has 138 valence electrons. The fourth-order valence-corrected chi connectivity index (χ4v) is 1.86. The van der Waals surface area contributed by atoms with E-state index in [2.05, 4.69) is 11.1 Å². The predicted molar refractivity (Wildman–Crippen MR) is 95.9 cm³/mol. The van der Waals surface area contributed by atoms with Crippen molar-refractivity contribution < 1.29 is 28.4 Å². The third kappa shape index (κ3) is 14.0. The predicted octanol–water partition coefficient (Wildman–Crippen LogP) is 4.26. The molecule has 0 aliphatic carbocycles. The smallest absolute Gasteiger partial charge is 0.498 e. The van der Waals surface area contributed by atoms with Gasteiger partial charge in [-0.1, -0.05) is 46.4 Å². The molecule has 1 rings (SSSR count). The van der Waals surface area contributed by atoms with Gasteiger partial charge in [-0.2, -0.15) is 0 Å². The van der Waals surface area contributed by atoms with Gasteiger partial charge < -0.3 is 9.26 Å². The van der Waals surface area contributed by atoms with Crippen LogP contribution >= 0.6 is 7.82 Å². The van der Waals surface area contributed by atoms with Crippen LogP contribution in [0.1, 0.15) is 46.6 Å². The molecule has 6 nitrogen and oxygen atoms in total. The summed E-state index contributed by atoms with van der Waals surface area (Å²) in [6.07, 6.45) is 0.517. The summed E-state index contributed by atoms with van der Waals surface area (Å²) >= 11 is 0. The van der Waals surface area contributed by atoms with Crippen LogP contribution in [0.2, 0.25) is 0 Å². The standard InChI is InChI=1S/C13H17O6P.2C2H6/c1-10(2)18-8-7-12(14)9-11-3-5-13(6-4-11)19-20(15,16)17;2*1-2/h3-6H,1,7-9H2,2H3,(H2,15,16,17);2*1-2H3. The molecular formula is C17H29O6P. The maximum atomic E-state index is 11.6. The molecule has 0 bridgehead atoms. The fourth-order valence-electron chi connectivity index (χ4n) is 1.46. The summed E-state index contributed by atoms with van der Waals surface area (Å²) in [5, 5.41) is 0. The summed E-state index contributed by atoms with van der Waals surface area (Å²) in [5.41, 5.74) is 0.739. The van der Waals surface area contributed by atoms with Gasteiger partial charge in [-0.25, -0.2) is 4.57 Å². The molecule has 0 aliphatic heterocycles. The highest BCUT2D eigenvalue weighted by molar-refractivity contribution is 7.46. The van der Waals surface area contributed by atoms with Gasteiger partial charge in [0.15, 0.2) is 0 Å². The van der Waals surface area contributed by atoms with Gasteiger partial charge in [-0.3, -0.25) is 14.6 Å². The van der Waals surface area contributed by atoms with Crippen LogP contribution in [0.3, 0.4) is 0 Å². The summed E-state index contributed by atoms with van der Waals surface area (Å²) in [6, 6.07) is 5.99. The molecule has 0 aromatic heterocycles. The van der Waals surface area contributed by atoms with Crippen molar-refractivity contribution in [2.24, 2.45) is 0 Å². The lowest BCUT2D eigenvalue weighted by Gasteiger charge is -2.07. The maximum absolute atomic E-state index is 11.6. The molecule has 24 heavy (non-hydrogen) atoms. The zero-order chi connectivity index (χ0) is 19.2. The number of ketones is 1. The van der Waals surface area contributed by atoms with Gasteiger partial charge in [0.05, 0.1) is 12.4 Å². The van der Waals surface area contributed by atoms with E-state index < -0.39 is 7.82 Å². The van der Waals surface area contributed by atoms with Crippen molar-refractivity contribution in [1.29, 1.82) is 0 Å². The molecule has 1 aromatic carbocycles. The molecule has 0 amide bonds. The lowest BCUT2D eigenvalue weighted by Crippen LogP contribution is -2.06. The largest absolute Gasteiger partial charge is 0.524 e. The van der Waals surface area contributed by atoms with Crippen molar-refractivity contribution in [3.8, 4) is 5.75 Å². The number of benzene rings is 1. The Morgan fingerprint density at radius 1 is 1.12 bits per heavy atom. The topological polar surface area (TPSA) is 93.1 Å². The van der Waals surface area contributed by atoms with Gasteiger partial charge in [-0.15, -0.1) is 0 Å². The van der Waals surface area contributed by atoms with Crippen LogP contribution in [0.15, 0.2) is 36.6 Å². The Kier molecular flexibility index (Phi) is 14.1. The second kappa shape index (κ2) is 13.8. The molecule has 0 spiro atoms. The van der Waals surface area contributed by atoms with E-state index >= 15 is 0 Å². The molecule has 0 radical (unpaired) electrons. The monoisotopic (exact) mass is 360 g/mol. The number of rotatable bonds is 8. The summed E-state index contributed by atoms with van der Waals surface area (Å²) < 4.78 is 20.1. The zero-order valence-electron chi connectivity index (χ0n) is 15.1. The highest BCUT2D eigenvalue weighted by Gasteiger charge is 2.15. The van der Waals surface area contributed by atoms with Crippen LogP contribution in [0, 0.1) is 0 Å². The number of carbonyl (C=O) groups excluding carboxylic acids is 1. The number of hydrogen-bond acceptors (Lipinski definition) is 4. The van der Waals surface area contributed by atoms with E-state index in [4.69, 9.17) is 14.5 Å². The minimum Gasteiger partial charge on any atom is -0.498 e. The van der Waals surface area contributed by atoms with Crippen molar-refractivity contribution in [3.63, 3.8) is 0 Å². The second-order valence-corrected chi connectivity index (χ2v) is 5.41. The summed E-state index contributed by atoms with van der Waals surface area (Å²) in [7, 11) is -4.55. The van der Waals surface area contributed by atoms with Crippen LogP contribution < -0.4 is 4.52 Å². The SMILES string of the molecule is C=C(C)OCCC(=O)Cc1ccc(OP(=O)(O)O)cc1.CC.CC. The Hall–Kier alpha value is -1.62. The van der Waals surface area contributed by atoms with Gasteiger partial charge in [0, 0.05) is 12.8 Å². The van der Waals surface area contributed by atoms with Crippen LogP contribution in [0.25, 0.3) is 0 Å². The van der Waals surface area contributed by atoms with Crippen molar-refractivity contribution in [1.82, 2.24) is 0 Å². The molecule has 0 heterocycles. The van der Waals surface area contributed by atoms with Crippen LogP contribution in [0.4, 0.5) is 0 Å². The number of allylic oxidation sites excluding steroid dienone is 1. The third-order valence-corrected chi connectivity index (χ3v) is 2.73. The maximum Gasteiger partial charge on any atom is 0.524 e. The molecular weight excluding hydrogens is 331 g/mol. The van der Waals surface area contributed by atoms with Crippen molar-refractivity contribution >= 4 is 13.6 Å². The van der Waals surface area contributed by atoms with Crippen molar-refractivity contribution in [2.75, 3.05) is 6.61 Å². The van der Waals surface area contributed by atoms with E-state index in [1.165, 1.54) is 12.1 Å². The summed E-state index contributed by atoms with van der Waals surface area (Å²) in [5.74, 6) is 0.631. The van der Waals surface area contributed by atoms with Crippen molar-refractivity contribution in [3.05, 3.63) is 42.2 Å². The molecule has 0 unspecified atom stereocenters. The molecule has 7 heteroatoms. The van der Waals surface area contributed by atoms with Crippen LogP contribution in [0.5, 0.6) is 5.75 Å². The van der Waals surface area contributed by atoms with Crippen molar-refractivity contribution in [2.45, 2.75) is 47.5 Å². The number of ether oxygens (including phenoxy) is 1. The van der Waals surface area contributed by atoms with E-state index in [0.29, 0.717) is 12.4 Å². The van der Waals surface area contributed by atoms with E-state index in [1.807, 2.05) is 27.7 Å². The Bertz CT molecular complexity index is 518. The average Bonchev–Trinajstić information content (AvgIpc) is 2.51. The Morgan fingerprint density at radius 2 is 1.62 bits per heavy atom. The first-order valence-electron chi connectivity index (χ1n) is 7.90. The first-order valence-corrected chi connectivity index (χ1v) is 9.43. The lowest BCUT2D eigenvalue weighted by molar-refractivity contribution is -0.119. The fraction of sp³-hybridized carbons (Fsp3) is 0.471. The first-order chi connectivity index (χ1) is 11.3. The van der Waals surface area contributed by atoms with E-state index in [1.54, 1.807) is 19.1 Å². The highest BCUT2D eigenvalue weighted by Crippen LogP contribution is 2.37. The van der Waals surface area contributed by atoms with E-state index in [-0.39, 0.29) is 24.4 Å². The van der Waals surface area contributed by atoms with E-state index in [0.717, 1.165) is 5.56 Å². The second-order valence-electron chi connectivity index (χ2n) is 4.24. The van der Waals surface area contributed by atoms with E-state index in [9.17, 15) is 9.36 Å². The Labute approximate surface area is 144 Å². The molecule has 1 aromatic rings. The van der Waals surface area contributed by atoms with Gasteiger partial charge in [0.25, 0.3) is 0 Å². The molecule has 0 aliphatic rings. The number of phosphoric acid groups is 1. The molecule has 0 fully saturated rings. The van der Waals surface area contributed by atoms with Gasteiger partial charge in [-0.05, 0) is 24.6 Å². The minimum absolute atomic E-state index is 0.00917. The normalized spacial score (nSPS) is 9.62. The zero-order valence-corrected chi connectivity index (χ0v) is 16.0. The van der Waals surface area contributed by atoms with Gasteiger partial charge in [0.1, 0.15) is 11.5 Å². The summed E-state index contributed by atoms with van der Waals surface area (Å²) in [4.78, 5) is 28.9. The minimum atomic E-state index is -4.55. The van der Waals surface area contributed by atoms with Gasteiger partial charge in [0.2, 0.25) is 0 Å². The highest BCUT2D eigenvalue weighted by atomic mass is 31.2. The summed E-state index contributed by atoms with van der Waals surface area (Å²) in [6.45, 7) is 13.6. The molecule has 0 saturated carbocycles. The molecule has 0 saturated heterocycles. The lowest BCUT2D eigenvalue weighted by atomic mass is 10.1. The molecule has 0 atom stereocenters. The first kappa shape index (κ1) is 24.6. The van der Waals surface area contributed by atoms with Crippen LogP contribution in [-0.2, 0) is 20.5 Å². The average molecular weight is 360 g/mol. The number of hydrogen-bond donors (Lipinski definition) is 2. The number of Topliss-reactive ketones (excluding diaryl/α,β-unsaturated/α-hetero) is 1. The Balaban J connectivity index is 0. The quantitative estimate of drug-likeness (QED) is 0.531.